The Balaban J connectivity index is 2.16. The molecule has 0 unspecified atom stereocenters. The number of benzene rings is 2. The Morgan fingerprint density at radius 3 is 1.84 bits per heavy atom. The van der Waals surface area contributed by atoms with Gasteiger partial charge in [-0.2, -0.15) is 0 Å². The summed E-state index contributed by atoms with van der Waals surface area (Å²) in [7, 11) is 0. The van der Waals surface area contributed by atoms with Crippen molar-refractivity contribution in [1.82, 2.24) is 0 Å². The molecule has 0 aliphatic carbocycles. The van der Waals surface area contributed by atoms with Crippen LogP contribution in [-0.4, -0.2) is 0 Å². The van der Waals surface area contributed by atoms with Gasteiger partial charge in [0.05, 0.1) is 31.5 Å². The van der Waals surface area contributed by atoms with Crippen molar-refractivity contribution in [2.75, 3.05) is 10.9 Å². The monoisotopic (exact) mass is 354 g/mol. The van der Waals surface area contributed by atoms with Gasteiger partial charge in [-0.1, -0.05) is 58.0 Å². The van der Waals surface area contributed by atoms with Gasteiger partial charge in [-0.3, -0.25) is 10.9 Å². The molecule has 0 amide bonds. The van der Waals surface area contributed by atoms with E-state index in [1.807, 2.05) is 0 Å². The minimum atomic E-state index is 0.391. The van der Waals surface area contributed by atoms with Crippen molar-refractivity contribution in [3.8, 4) is 0 Å². The highest BCUT2D eigenvalue weighted by atomic mass is 35.5. The zero-order valence-corrected chi connectivity index (χ0v) is 13.1. The Morgan fingerprint density at radius 1 is 0.579 bits per heavy atom. The molecule has 0 aliphatic rings. The normalized spacial score (nSPS) is 10.4. The second kappa shape index (κ2) is 6.29. The first-order valence-electron chi connectivity index (χ1n) is 5.09. The molecule has 0 aromatic heterocycles. The summed E-state index contributed by atoms with van der Waals surface area (Å²) >= 11 is 29.6. The minimum absolute atomic E-state index is 0.391. The SMILES string of the molecule is Clc1ccc(NNc2cc(Cl)c(Cl)cc2Cl)c(Cl)c1. The predicted octanol–water partition coefficient (Wildman–Crippen LogP) is 6.39. The van der Waals surface area contributed by atoms with Crippen LogP contribution < -0.4 is 10.9 Å². The van der Waals surface area contributed by atoms with Gasteiger partial charge < -0.3 is 0 Å². The summed E-state index contributed by atoms with van der Waals surface area (Å²) in [6.07, 6.45) is 0. The third kappa shape index (κ3) is 3.74. The van der Waals surface area contributed by atoms with Crippen LogP contribution in [0.5, 0.6) is 0 Å². The second-order valence-electron chi connectivity index (χ2n) is 3.62. The predicted molar refractivity (Wildman–Crippen MR) is 85.2 cm³/mol. The van der Waals surface area contributed by atoms with Crippen molar-refractivity contribution >= 4 is 69.4 Å². The van der Waals surface area contributed by atoms with Gasteiger partial charge in [0, 0.05) is 5.02 Å². The Bertz CT molecular complexity index is 615. The molecule has 100 valence electrons. The van der Waals surface area contributed by atoms with Crippen LogP contribution in [0.1, 0.15) is 0 Å². The summed E-state index contributed by atoms with van der Waals surface area (Å²) < 4.78 is 0. The molecule has 7 heteroatoms. The summed E-state index contributed by atoms with van der Waals surface area (Å²) in [5, 5.41) is 2.27. The average molecular weight is 356 g/mol. The molecule has 0 heterocycles. The third-order valence-corrected chi connectivity index (χ3v) is 3.86. The molecule has 0 spiro atoms. The first kappa shape index (κ1) is 14.9. The maximum absolute atomic E-state index is 6.03. The number of hydrogen-bond acceptors (Lipinski definition) is 2. The fourth-order valence-corrected chi connectivity index (χ4v) is 2.39. The molecule has 2 aromatic rings. The van der Waals surface area contributed by atoms with Crippen LogP contribution in [-0.2, 0) is 0 Å². The van der Waals surface area contributed by atoms with E-state index in [4.69, 9.17) is 58.0 Å². The van der Waals surface area contributed by atoms with Gasteiger partial charge in [-0.05, 0) is 30.3 Å². The number of nitrogens with one attached hydrogen (secondary N) is 2. The van der Waals surface area contributed by atoms with E-state index in [1.54, 1.807) is 30.3 Å². The van der Waals surface area contributed by atoms with E-state index in [1.165, 1.54) is 0 Å². The summed E-state index contributed by atoms with van der Waals surface area (Å²) in [6, 6.07) is 8.25. The fraction of sp³-hybridized carbons (Fsp3) is 0. The van der Waals surface area contributed by atoms with Crippen LogP contribution in [0, 0.1) is 0 Å². The van der Waals surface area contributed by atoms with Crippen molar-refractivity contribution in [2.24, 2.45) is 0 Å². The van der Waals surface area contributed by atoms with E-state index in [-0.39, 0.29) is 0 Å². The molecule has 0 radical (unpaired) electrons. The molecule has 0 saturated carbocycles. The van der Waals surface area contributed by atoms with Gasteiger partial charge in [0.2, 0.25) is 0 Å². The van der Waals surface area contributed by atoms with Crippen molar-refractivity contribution < 1.29 is 0 Å². The topological polar surface area (TPSA) is 24.1 Å². The highest BCUT2D eigenvalue weighted by Crippen LogP contribution is 2.33. The maximum atomic E-state index is 6.03. The molecule has 19 heavy (non-hydrogen) atoms. The smallest absolute Gasteiger partial charge is 0.0742 e. The highest BCUT2D eigenvalue weighted by Gasteiger charge is 2.06. The molecular weight excluding hydrogens is 349 g/mol. The number of hydrazine groups is 1. The molecule has 2 N–H and O–H groups in total. The van der Waals surface area contributed by atoms with Gasteiger partial charge >= 0.3 is 0 Å². The zero-order chi connectivity index (χ0) is 14.0. The lowest BCUT2D eigenvalue weighted by Crippen LogP contribution is -2.09. The van der Waals surface area contributed by atoms with E-state index in [0.717, 1.165) is 0 Å². The first-order chi connectivity index (χ1) is 8.97. The number of halogens is 5. The maximum Gasteiger partial charge on any atom is 0.0742 e. The summed E-state index contributed by atoms with van der Waals surface area (Å²) in [4.78, 5) is 0. The average Bonchev–Trinajstić information content (AvgIpc) is 2.34. The van der Waals surface area contributed by atoms with E-state index in [9.17, 15) is 0 Å². The molecule has 2 nitrogen and oxygen atoms in total. The van der Waals surface area contributed by atoms with Crippen LogP contribution in [0.3, 0.4) is 0 Å². The lowest BCUT2D eigenvalue weighted by molar-refractivity contribution is 1.41. The lowest BCUT2D eigenvalue weighted by Gasteiger charge is -2.13. The van der Waals surface area contributed by atoms with E-state index in [2.05, 4.69) is 10.9 Å². The summed E-state index contributed by atoms with van der Waals surface area (Å²) in [5.74, 6) is 0. The first-order valence-corrected chi connectivity index (χ1v) is 6.98. The van der Waals surface area contributed by atoms with Crippen LogP contribution in [0.2, 0.25) is 25.1 Å². The van der Waals surface area contributed by atoms with Gasteiger partial charge in [-0.25, -0.2) is 0 Å². The van der Waals surface area contributed by atoms with Crippen molar-refractivity contribution in [3.63, 3.8) is 0 Å². The molecule has 0 saturated heterocycles. The van der Waals surface area contributed by atoms with Gasteiger partial charge in [0.25, 0.3) is 0 Å². The molecule has 0 atom stereocenters. The third-order valence-electron chi connectivity index (χ3n) is 2.27. The molecule has 2 rings (SSSR count). The van der Waals surface area contributed by atoms with Crippen LogP contribution >= 0.6 is 58.0 Å². The van der Waals surface area contributed by atoms with Crippen LogP contribution in [0.15, 0.2) is 30.3 Å². The van der Waals surface area contributed by atoms with Crippen molar-refractivity contribution in [1.29, 1.82) is 0 Å². The van der Waals surface area contributed by atoms with Crippen molar-refractivity contribution in [2.45, 2.75) is 0 Å². The van der Waals surface area contributed by atoms with E-state index < -0.39 is 0 Å². The summed E-state index contributed by atoms with van der Waals surface area (Å²) in [5.41, 5.74) is 7.07. The highest BCUT2D eigenvalue weighted by molar-refractivity contribution is 6.44. The second-order valence-corrected chi connectivity index (χ2v) is 5.69. The van der Waals surface area contributed by atoms with E-state index >= 15 is 0 Å². The Morgan fingerprint density at radius 2 is 1.16 bits per heavy atom. The van der Waals surface area contributed by atoms with Gasteiger partial charge in [0.15, 0.2) is 0 Å². The standard InChI is InChI=1S/C12H7Cl5N2/c13-6-1-2-11(9(16)3-6)18-19-12-5-8(15)7(14)4-10(12)17/h1-5,18-19H. The van der Waals surface area contributed by atoms with Crippen LogP contribution in [0.4, 0.5) is 11.4 Å². The Kier molecular flexibility index (Phi) is 4.93. The largest absolute Gasteiger partial charge is 0.299 e. The quantitative estimate of drug-likeness (QED) is 0.492. The number of hydrogen-bond donors (Lipinski definition) is 2. The zero-order valence-electron chi connectivity index (χ0n) is 9.28. The fourth-order valence-electron chi connectivity index (χ4n) is 1.34. The van der Waals surface area contributed by atoms with Gasteiger partial charge in [0.1, 0.15) is 0 Å². The minimum Gasteiger partial charge on any atom is -0.299 e. The molecule has 2 aromatic carbocycles. The lowest BCUT2D eigenvalue weighted by atomic mass is 10.3. The van der Waals surface area contributed by atoms with Crippen LogP contribution in [0.25, 0.3) is 0 Å². The Labute approximate surface area is 135 Å². The number of rotatable bonds is 3. The van der Waals surface area contributed by atoms with Crippen molar-refractivity contribution in [3.05, 3.63) is 55.4 Å². The molecule has 0 fully saturated rings. The Hall–Kier alpha value is -0.510. The van der Waals surface area contributed by atoms with E-state index in [0.29, 0.717) is 36.5 Å². The number of anilines is 2. The molecule has 0 bridgehead atoms. The summed E-state index contributed by atoms with van der Waals surface area (Å²) in [6.45, 7) is 0. The molecule has 0 aliphatic heterocycles. The molecular formula is C12H7Cl5N2. The van der Waals surface area contributed by atoms with Gasteiger partial charge in [-0.15, -0.1) is 0 Å².